The van der Waals surface area contributed by atoms with E-state index in [1.807, 2.05) is 19.3 Å². The van der Waals surface area contributed by atoms with Crippen LogP contribution < -0.4 is 10.5 Å². The number of halogens is 1. The Morgan fingerprint density at radius 1 is 1.47 bits per heavy atom. The van der Waals surface area contributed by atoms with Crippen molar-refractivity contribution in [3.8, 4) is 5.75 Å². The molecule has 1 atom stereocenters. The normalized spacial score (nSPS) is 12.5. The third kappa shape index (κ3) is 2.43. The second kappa shape index (κ2) is 4.77. The quantitative estimate of drug-likeness (QED) is 0.909. The van der Waals surface area contributed by atoms with Crippen LogP contribution >= 0.6 is 11.6 Å². The highest BCUT2D eigenvalue weighted by Gasteiger charge is 2.15. The fraction of sp³-hybridized carbons (Fsp3) is 0.250. The van der Waals surface area contributed by atoms with Gasteiger partial charge >= 0.3 is 0 Å². The van der Waals surface area contributed by atoms with Gasteiger partial charge in [-0.1, -0.05) is 17.7 Å². The highest BCUT2D eigenvalue weighted by atomic mass is 35.5. The first-order chi connectivity index (χ1) is 8.11. The molecule has 0 amide bonds. The van der Waals surface area contributed by atoms with Crippen LogP contribution in [0.15, 0.2) is 30.6 Å². The number of benzene rings is 1. The van der Waals surface area contributed by atoms with E-state index in [-0.39, 0.29) is 6.04 Å². The van der Waals surface area contributed by atoms with Crippen molar-refractivity contribution >= 4 is 11.6 Å². The maximum Gasteiger partial charge on any atom is 0.125 e. The van der Waals surface area contributed by atoms with Gasteiger partial charge in [-0.3, -0.25) is 4.68 Å². The second-order valence-electron chi connectivity index (χ2n) is 3.81. The average molecular weight is 252 g/mol. The second-order valence-corrected chi connectivity index (χ2v) is 4.25. The van der Waals surface area contributed by atoms with Gasteiger partial charge < -0.3 is 10.5 Å². The molecule has 90 valence electrons. The van der Waals surface area contributed by atoms with E-state index in [1.165, 1.54) is 0 Å². The summed E-state index contributed by atoms with van der Waals surface area (Å²) < 4.78 is 7.00. The highest BCUT2D eigenvalue weighted by Crippen LogP contribution is 2.30. The summed E-state index contributed by atoms with van der Waals surface area (Å²) in [5.41, 5.74) is 8.01. The van der Waals surface area contributed by atoms with Gasteiger partial charge in [-0.15, -0.1) is 0 Å². The summed E-state index contributed by atoms with van der Waals surface area (Å²) in [6.45, 7) is 0. The van der Waals surface area contributed by atoms with Crippen LogP contribution in [0.4, 0.5) is 0 Å². The molecule has 1 aromatic heterocycles. The zero-order chi connectivity index (χ0) is 12.4. The van der Waals surface area contributed by atoms with Gasteiger partial charge in [0.05, 0.1) is 19.3 Å². The van der Waals surface area contributed by atoms with Crippen molar-refractivity contribution in [1.29, 1.82) is 0 Å². The Bertz CT molecular complexity index is 524. The molecule has 1 heterocycles. The van der Waals surface area contributed by atoms with Gasteiger partial charge in [0.1, 0.15) is 5.75 Å². The van der Waals surface area contributed by atoms with Crippen molar-refractivity contribution in [3.05, 3.63) is 46.7 Å². The molecule has 0 aliphatic heterocycles. The smallest absolute Gasteiger partial charge is 0.125 e. The maximum absolute atomic E-state index is 6.18. The Labute approximate surface area is 105 Å². The number of nitrogens with two attached hydrogens (primary N) is 1. The van der Waals surface area contributed by atoms with E-state index in [0.717, 1.165) is 11.1 Å². The van der Waals surface area contributed by atoms with E-state index in [2.05, 4.69) is 5.10 Å². The third-order valence-corrected chi connectivity index (χ3v) is 2.85. The van der Waals surface area contributed by atoms with Gasteiger partial charge in [0, 0.05) is 29.4 Å². The molecule has 2 rings (SSSR count). The van der Waals surface area contributed by atoms with Crippen LogP contribution in [0.2, 0.25) is 5.02 Å². The lowest BCUT2D eigenvalue weighted by atomic mass is 10.0. The Kier molecular flexibility index (Phi) is 3.36. The number of aryl methyl sites for hydroxylation is 1. The minimum atomic E-state index is -0.268. The van der Waals surface area contributed by atoms with E-state index < -0.39 is 0 Å². The first kappa shape index (κ1) is 12.0. The van der Waals surface area contributed by atoms with Gasteiger partial charge in [0.25, 0.3) is 0 Å². The Morgan fingerprint density at radius 3 is 2.82 bits per heavy atom. The first-order valence-corrected chi connectivity index (χ1v) is 5.57. The molecule has 1 unspecified atom stereocenters. The lowest BCUT2D eigenvalue weighted by Gasteiger charge is -2.14. The molecule has 0 spiro atoms. The van der Waals surface area contributed by atoms with Crippen molar-refractivity contribution in [3.63, 3.8) is 0 Å². The summed E-state index contributed by atoms with van der Waals surface area (Å²) in [7, 11) is 3.46. The Hall–Kier alpha value is -1.52. The van der Waals surface area contributed by atoms with E-state index in [4.69, 9.17) is 22.1 Å². The zero-order valence-electron chi connectivity index (χ0n) is 9.72. The molecule has 4 nitrogen and oxygen atoms in total. The number of aromatic nitrogens is 2. The van der Waals surface area contributed by atoms with Gasteiger partial charge in [-0.25, -0.2) is 0 Å². The highest BCUT2D eigenvalue weighted by molar-refractivity contribution is 6.30. The van der Waals surface area contributed by atoms with E-state index >= 15 is 0 Å². The van der Waals surface area contributed by atoms with Crippen molar-refractivity contribution in [2.75, 3.05) is 7.11 Å². The molecule has 5 heteroatoms. The molecule has 0 radical (unpaired) electrons. The van der Waals surface area contributed by atoms with Crippen LogP contribution in [-0.2, 0) is 7.05 Å². The van der Waals surface area contributed by atoms with Crippen molar-refractivity contribution in [1.82, 2.24) is 9.78 Å². The molecular formula is C12H14ClN3O. The molecule has 0 fully saturated rings. The Morgan fingerprint density at radius 2 is 2.24 bits per heavy atom. The van der Waals surface area contributed by atoms with Crippen LogP contribution in [0.3, 0.4) is 0 Å². The molecule has 1 aromatic carbocycles. The van der Waals surface area contributed by atoms with Gasteiger partial charge in [0.15, 0.2) is 0 Å². The number of methoxy groups -OCH3 is 1. The molecular weight excluding hydrogens is 238 g/mol. The molecule has 0 bridgehead atoms. The van der Waals surface area contributed by atoms with Crippen molar-refractivity contribution < 1.29 is 4.74 Å². The molecule has 0 saturated heterocycles. The van der Waals surface area contributed by atoms with Crippen LogP contribution in [-0.4, -0.2) is 16.9 Å². The number of ether oxygens (including phenoxy) is 1. The lowest BCUT2D eigenvalue weighted by molar-refractivity contribution is 0.408. The predicted molar refractivity (Wildman–Crippen MR) is 67.2 cm³/mol. The summed E-state index contributed by atoms with van der Waals surface area (Å²) in [5.74, 6) is 0.689. The van der Waals surface area contributed by atoms with E-state index in [0.29, 0.717) is 10.8 Å². The summed E-state index contributed by atoms with van der Waals surface area (Å²) in [4.78, 5) is 0. The number of nitrogens with zero attached hydrogens (tertiary/aromatic N) is 2. The molecule has 0 aliphatic rings. The SMILES string of the molecule is COc1cc(Cl)ccc1C(N)c1cnn(C)c1. The van der Waals surface area contributed by atoms with Gasteiger partial charge in [-0.05, 0) is 12.1 Å². The van der Waals surface area contributed by atoms with Crippen LogP contribution in [0, 0.1) is 0 Å². The number of rotatable bonds is 3. The van der Waals surface area contributed by atoms with Crippen LogP contribution in [0.1, 0.15) is 17.2 Å². The fourth-order valence-electron chi connectivity index (χ4n) is 1.72. The van der Waals surface area contributed by atoms with Crippen LogP contribution in [0.5, 0.6) is 5.75 Å². The largest absolute Gasteiger partial charge is 0.496 e. The first-order valence-electron chi connectivity index (χ1n) is 5.19. The monoisotopic (exact) mass is 251 g/mol. The number of hydrogen-bond acceptors (Lipinski definition) is 3. The molecule has 2 aromatic rings. The minimum absolute atomic E-state index is 0.268. The maximum atomic E-state index is 6.18. The van der Waals surface area contributed by atoms with E-state index in [9.17, 15) is 0 Å². The number of hydrogen-bond donors (Lipinski definition) is 1. The fourth-order valence-corrected chi connectivity index (χ4v) is 1.88. The summed E-state index contributed by atoms with van der Waals surface area (Å²) in [6.07, 6.45) is 3.64. The molecule has 0 aliphatic carbocycles. The topological polar surface area (TPSA) is 53.1 Å². The van der Waals surface area contributed by atoms with E-state index in [1.54, 1.807) is 30.1 Å². The summed E-state index contributed by atoms with van der Waals surface area (Å²) in [5, 5.41) is 4.73. The van der Waals surface area contributed by atoms with Crippen LogP contribution in [0.25, 0.3) is 0 Å². The van der Waals surface area contributed by atoms with Gasteiger partial charge in [0.2, 0.25) is 0 Å². The summed E-state index contributed by atoms with van der Waals surface area (Å²) >= 11 is 5.91. The van der Waals surface area contributed by atoms with Gasteiger partial charge in [-0.2, -0.15) is 5.10 Å². The van der Waals surface area contributed by atoms with Crippen molar-refractivity contribution in [2.45, 2.75) is 6.04 Å². The summed E-state index contributed by atoms with van der Waals surface area (Å²) in [6, 6.07) is 5.16. The predicted octanol–water partition coefficient (Wildman–Crippen LogP) is 2.13. The lowest BCUT2D eigenvalue weighted by Crippen LogP contribution is -2.12. The zero-order valence-corrected chi connectivity index (χ0v) is 10.5. The minimum Gasteiger partial charge on any atom is -0.496 e. The average Bonchev–Trinajstić information content (AvgIpc) is 2.75. The Balaban J connectivity index is 2.39. The molecule has 2 N–H and O–H groups in total. The van der Waals surface area contributed by atoms with Crippen molar-refractivity contribution in [2.24, 2.45) is 12.8 Å². The molecule has 17 heavy (non-hydrogen) atoms. The standard InChI is InChI=1S/C12H14ClN3O/c1-16-7-8(6-15-16)12(14)10-4-3-9(13)5-11(10)17-2/h3-7,12H,14H2,1-2H3. The third-order valence-electron chi connectivity index (χ3n) is 2.61. The molecule has 0 saturated carbocycles.